The maximum atomic E-state index is 9.97. The summed E-state index contributed by atoms with van der Waals surface area (Å²) in [6.45, 7) is 0.288. The number of carbonyl (C=O) groups is 1. The molecule has 0 aliphatic heterocycles. The van der Waals surface area contributed by atoms with Gasteiger partial charge in [-0.1, -0.05) is 12.6 Å². The number of hydrogen-bond acceptors (Lipinski definition) is 3. The van der Waals surface area contributed by atoms with Gasteiger partial charge in [0.15, 0.2) is 0 Å². The zero-order chi connectivity index (χ0) is 7.11. The van der Waals surface area contributed by atoms with Crippen LogP contribution in [0.15, 0.2) is 0 Å². The number of hydrogen-bond donors (Lipinski definition) is 1. The fraction of sp³-hybridized carbons (Fsp3) is 0.600. The van der Waals surface area contributed by atoms with E-state index >= 15 is 0 Å². The highest BCUT2D eigenvalue weighted by Crippen LogP contribution is 1.91. The maximum absolute atomic E-state index is 9.97. The van der Waals surface area contributed by atoms with E-state index in [-0.39, 0.29) is 6.61 Å². The van der Waals surface area contributed by atoms with Crippen molar-refractivity contribution in [2.75, 3.05) is 6.61 Å². The van der Waals surface area contributed by atoms with Crippen LogP contribution in [0.1, 0.15) is 12.8 Å². The molecular weight excluding hydrogens is 138 g/mol. The molecule has 0 aromatic carbocycles. The second kappa shape index (κ2) is 5.45. The molecule has 9 heavy (non-hydrogen) atoms. The van der Waals surface area contributed by atoms with Crippen molar-refractivity contribution in [3.63, 3.8) is 0 Å². The van der Waals surface area contributed by atoms with Gasteiger partial charge in [-0.25, -0.2) is 4.79 Å². The van der Waals surface area contributed by atoms with Crippen LogP contribution in [0.3, 0.4) is 0 Å². The van der Waals surface area contributed by atoms with Gasteiger partial charge in [-0.2, -0.15) is 5.26 Å². The first kappa shape index (κ1) is 8.31. The first-order valence-corrected chi connectivity index (χ1v) is 2.94. The fourth-order valence-corrected chi connectivity index (χ4v) is 0.402. The summed E-state index contributed by atoms with van der Waals surface area (Å²) >= 11 is 3.36. The molecule has 3 nitrogen and oxygen atoms in total. The SMILES string of the molecule is N#CCCCOC(=O)S. The summed E-state index contributed by atoms with van der Waals surface area (Å²) in [5, 5.41) is 7.43. The molecule has 0 aromatic heterocycles. The molecule has 0 rings (SSSR count). The molecule has 0 amide bonds. The molecule has 4 heteroatoms. The molecule has 0 spiro atoms. The molecule has 0 unspecified atom stereocenters. The first-order valence-electron chi connectivity index (χ1n) is 2.50. The Morgan fingerprint density at radius 1 is 1.78 bits per heavy atom. The van der Waals surface area contributed by atoms with Crippen LogP contribution in [0.2, 0.25) is 0 Å². The largest absolute Gasteiger partial charge is 0.458 e. The van der Waals surface area contributed by atoms with Gasteiger partial charge >= 0.3 is 5.30 Å². The van der Waals surface area contributed by atoms with Crippen molar-refractivity contribution in [1.29, 1.82) is 5.26 Å². The summed E-state index contributed by atoms with van der Waals surface area (Å²) in [4.78, 5) is 9.97. The van der Waals surface area contributed by atoms with Crippen LogP contribution >= 0.6 is 12.6 Å². The smallest absolute Gasteiger partial charge is 0.364 e. The van der Waals surface area contributed by atoms with Crippen molar-refractivity contribution in [2.45, 2.75) is 12.8 Å². The molecule has 0 fully saturated rings. The fourth-order valence-electron chi connectivity index (χ4n) is 0.311. The average Bonchev–Trinajstić information content (AvgIpc) is 1.80. The molecule has 0 radical (unpaired) electrons. The molecule has 0 saturated heterocycles. The highest BCUT2D eigenvalue weighted by atomic mass is 32.1. The molecule has 0 aromatic rings. The van der Waals surface area contributed by atoms with E-state index < -0.39 is 5.30 Å². The quantitative estimate of drug-likeness (QED) is 0.370. The highest BCUT2D eigenvalue weighted by Gasteiger charge is 1.90. The summed E-state index contributed by atoms with van der Waals surface area (Å²) in [6, 6.07) is 1.93. The monoisotopic (exact) mass is 145 g/mol. The molecule has 0 heterocycles. The summed E-state index contributed by atoms with van der Waals surface area (Å²) in [6.07, 6.45) is 1.00. The maximum Gasteiger partial charge on any atom is 0.364 e. The van der Waals surface area contributed by atoms with Gasteiger partial charge in [-0.3, -0.25) is 0 Å². The Morgan fingerprint density at radius 3 is 2.89 bits per heavy atom. The van der Waals surface area contributed by atoms with E-state index in [0.29, 0.717) is 12.8 Å². The Morgan fingerprint density at radius 2 is 2.44 bits per heavy atom. The Bertz CT molecular complexity index is 129. The molecule has 0 bridgehead atoms. The van der Waals surface area contributed by atoms with E-state index in [4.69, 9.17) is 5.26 Å². The Kier molecular flexibility index (Phi) is 5.03. The number of carbonyl (C=O) groups excluding carboxylic acids is 1. The van der Waals surface area contributed by atoms with Gasteiger partial charge in [0.05, 0.1) is 12.7 Å². The minimum atomic E-state index is -0.590. The van der Waals surface area contributed by atoms with E-state index in [1.807, 2.05) is 6.07 Å². The topological polar surface area (TPSA) is 50.1 Å². The van der Waals surface area contributed by atoms with Gasteiger partial charge in [-0.15, -0.1) is 0 Å². The average molecular weight is 145 g/mol. The molecule has 0 atom stereocenters. The summed E-state index contributed by atoms with van der Waals surface area (Å²) in [5.74, 6) is 0. The van der Waals surface area contributed by atoms with Crippen LogP contribution in [0.5, 0.6) is 0 Å². The highest BCUT2D eigenvalue weighted by molar-refractivity contribution is 7.96. The van der Waals surface area contributed by atoms with Gasteiger partial charge in [0, 0.05) is 6.42 Å². The lowest BCUT2D eigenvalue weighted by molar-refractivity contribution is 0.174. The Hall–Kier alpha value is -0.690. The van der Waals surface area contributed by atoms with Crippen LogP contribution in [0.4, 0.5) is 4.79 Å². The summed E-state index contributed by atoms with van der Waals surface area (Å²) < 4.78 is 4.42. The summed E-state index contributed by atoms with van der Waals surface area (Å²) in [5.41, 5.74) is 0. The van der Waals surface area contributed by atoms with Crippen molar-refractivity contribution < 1.29 is 9.53 Å². The van der Waals surface area contributed by atoms with Gasteiger partial charge in [0.2, 0.25) is 0 Å². The van der Waals surface area contributed by atoms with Crippen LogP contribution in [0.25, 0.3) is 0 Å². The van der Waals surface area contributed by atoms with Crippen LogP contribution in [-0.2, 0) is 4.74 Å². The van der Waals surface area contributed by atoms with Crippen LogP contribution in [-0.4, -0.2) is 11.9 Å². The minimum Gasteiger partial charge on any atom is -0.458 e. The molecular formula is C5H7NO2S. The van der Waals surface area contributed by atoms with E-state index in [1.165, 1.54) is 0 Å². The molecule has 0 aliphatic carbocycles. The predicted octanol–water partition coefficient (Wildman–Crippen LogP) is 1.36. The van der Waals surface area contributed by atoms with Crippen molar-refractivity contribution in [3.8, 4) is 6.07 Å². The first-order chi connectivity index (χ1) is 4.27. The third-order valence-electron chi connectivity index (χ3n) is 0.658. The van der Waals surface area contributed by atoms with E-state index in [9.17, 15) is 4.79 Å². The summed E-state index contributed by atoms with van der Waals surface area (Å²) in [7, 11) is 0. The standard InChI is InChI=1S/C5H7NO2S/c6-3-1-2-4-8-5(7)9/h1-2,4H2,(H,7,9). The minimum absolute atomic E-state index is 0.288. The molecule has 0 N–H and O–H groups in total. The molecule has 0 aliphatic rings. The predicted molar refractivity (Wildman–Crippen MR) is 35.2 cm³/mol. The van der Waals surface area contributed by atoms with Crippen molar-refractivity contribution in [3.05, 3.63) is 0 Å². The number of unbranched alkanes of at least 4 members (excludes halogenated alkanes) is 1. The molecule has 0 saturated carbocycles. The van der Waals surface area contributed by atoms with Crippen molar-refractivity contribution in [2.24, 2.45) is 0 Å². The Labute approximate surface area is 59.0 Å². The lowest BCUT2D eigenvalue weighted by Crippen LogP contribution is -1.95. The number of nitrogens with zero attached hydrogens (tertiary/aromatic N) is 1. The Balaban J connectivity index is 2.94. The third-order valence-corrected chi connectivity index (χ3v) is 0.788. The van der Waals surface area contributed by atoms with Crippen molar-refractivity contribution >= 4 is 17.9 Å². The van der Waals surface area contributed by atoms with Gasteiger partial charge in [0.25, 0.3) is 0 Å². The van der Waals surface area contributed by atoms with E-state index in [2.05, 4.69) is 17.4 Å². The second-order valence-corrected chi connectivity index (χ2v) is 1.74. The lowest BCUT2D eigenvalue weighted by Gasteiger charge is -1.94. The van der Waals surface area contributed by atoms with Gasteiger partial charge in [0.1, 0.15) is 0 Å². The number of rotatable bonds is 3. The van der Waals surface area contributed by atoms with Gasteiger partial charge < -0.3 is 4.74 Å². The lowest BCUT2D eigenvalue weighted by atomic mass is 10.4. The van der Waals surface area contributed by atoms with E-state index in [1.54, 1.807) is 0 Å². The van der Waals surface area contributed by atoms with E-state index in [0.717, 1.165) is 0 Å². The normalized spacial score (nSPS) is 8.00. The van der Waals surface area contributed by atoms with Crippen molar-refractivity contribution in [1.82, 2.24) is 0 Å². The zero-order valence-corrected chi connectivity index (χ0v) is 5.73. The number of thiol groups is 1. The zero-order valence-electron chi connectivity index (χ0n) is 4.83. The van der Waals surface area contributed by atoms with Gasteiger partial charge in [-0.05, 0) is 6.42 Å². The van der Waals surface area contributed by atoms with Crippen LogP contribution < -0.4 is 0 Å². The van der Waals surface area contributed by atoms with Crippen LogP contribution in [0, 0.1) is 11.3 Å². The second-order valence-electron chi connectivity index (χ2n) is 1.38. The number of nitriles is 1. The number of ether oxygens (including phenoxy) is 1. The third kappa shape index (κ3) is 7.31. The molecule has 50 valence electrons.